The van der Waals surface area contributed by atoms with E-state index in [1.165, 1.54) is 0 Å². The van der Waals surface area contributed by atoms with E-state index in [9.17, 15) is 0 Å². The van der Waals surface area contributed by atoms with Gasteiger partial charge in [0.15, 0.2) is 5.82 Å². The van der Waals surface area contributed by atoms with Gasteiger partial charge in [0.2, 0.25) is 0 Å². The lowest BCUT2D eigenvalue weighted by atomic mass is 10.2. The topological polar surface area (TPSA) is 74.2 Å². The molecule has 1 unspecified atom stereocenters. The Morgan fingerprint density at radius 1 is 1.35 bits per heavy atom. The van der Waals surface area contributed by atoms with Crippen molar-refractivity contribution in [1.29, 1.82) is 0 Å². The van der Waals surface area contributed by atoms with Gasteiger partial charge in [-0.15, -0.1) is 0 Å². The molecule has 0 spiro atoms. The second-order valence-corrected chi connectivity index (χ2v) is 5.33. The van der Waals surface area contributed by atoms with Gasteiger partial charge in [-0.05, 0) is 26.0 Å². The smallest absolute Gasteiger partial charge is 0.259 e. The van der Waals surface area contributed by atoms with E-state index in [0.717, 1.165) is 0 Å². The molecule has 0 saturated heterocycles. The van der Waals surface area contributed by atoms with Crippen LogP contribution in [-0.4, -0.2) is 22.9 Å². The van der Waals surface area contributed by atoms with Crippen molar-refractivity contribution in [2.75, 3.05) is 6.61 Å². The second-order valence-electron chi connectivity index (χ2n) is 4.55. The van der Waals surface area contributed by atoms with Gasteiger partial charge >= 0.3 is 0 Å². The fourth-order valence-electron chi connectivity index (χ4n) is 1.53. The average Bonchev–Trinajstić information content (AvgIpc) is 2.88. The molecule has 0 aliphatic rings. The predicted molar refractivity (Wildman–Crippen MR) is 77.8 cm³/mol. The van der Waals surface area contributed by atoms with Crippen molar-refractivity contribution < 1.29 is 9.26 Å². The maximum Gasteiger partial charge on any atom is 0.259 e. The van der Waals surface area contributed by atoms with Crippen LogP contribution in [0.5, 0.6) is 0 Å². The molecule has 1 heterocycles. The molecule has 1 atom stereocenters. The Kier molecular flexibility index (Phi) is 4.99. The molecule has 2 N–H and O–H groups in total. The first-order valence-electron chi connectivity index (χ1n) is 6.14. The Labute approximate surface area is 127 Å². The predicted octanol–water partition coefficient (Wildman–Crippen LogP) is 3.47. The zero-order chi connectivity index (χ0) is 14.7. The van der Waals surface area contributed by atoms with Crippen LogP contribution in [-0.2, 0) is 4.74 Å². The van der Waals surface area contributed by atoms with Crippen LogP contribution in [0.4, 0.5) is 0 Å². The lowest BCUT2D eigenvalue weighted by Gasteiger charge is -2.10. The quantitative estimate of drug-likeness (QED) is 0.914. The SMILES string of the molecule is CC(C)OCC(N)c1noc(-c2cccc(Cl)c2Cl)n1. The van der Waals surface area contributed by atoms with E-state index >= 15 is 0 Å². The Bertz CT molecular complexity index is 587. The number of ether oxygens (including phenoxy) is 1. The van der Waals surface area contributed by atoms with Crippen molar-refractivity contribution in [1.82, 2.24) is 10.1 Å². The fraction of sp³-hybridized carbons (Fsp3) is 0.385. The monoisotopic (exact) mass is 315 g/mol. The second kappa shape index (κ2) is 6.54. The molecule has 20 heavy (non-hydrogen) atoms. The summed E-state index contributed by atoms with van der Waals surface area (Å²) in [6.45, 7) is 4.18. The standard InChI is InChI=1S/C13H15Cl2N3O2/c1-7(2)19-6-10(16)12-17-13(20-18-12)8-4-3-5-9(14)11(8)15/h3-5,7,10H,6,16H2,1-2H3. The van der Waals surface area contributed by atoms with E-state index in [0.29, 0.717) is 28.0 Å². The lowest BCUT2D eigenvalue weighted by Crippen LogP contribution is -2.20. The fourth-order valence-corrected chi connectivity index (χ4v) is 1.92. The summed E-state index contributed by atoms with van der Waals surface area (Å²) in [6.07, 6.45) is 0.0924. The van der Waals surface area contributed by atoms with Gasteiger partial charge in [0.1, 0.15) is 0 Å². The van der Waals surface area contributed by atoms with Crippen LogP contribution in [0.15, 0.2) is 22.7 Å². The molecule has 0 fully saturated rings. The van der Waals surface area contributed by atoms with Gasteiger partial charge in [-0.3, -0.25) is 0 Å². The average molecular weight is 316 g/mol. The number of aromatic nitrogens is 2. The molecule has 0 radical (unpaired) electrons. The van der Waals surface area contributed by atoms with Gasteiger partial charge in [-0.25, -0.2) is 0 Å². The molecular formula is C13H15Cl2N3O2. The highest BCUT2D eigenvalue weighted by Gasteiger charge is 2.18. The van der Waals surface area contributed by atoms with Crippen molar-refractivity contribution in [2.24, 2.45) is 5.73 Å². The third kappa shape index (κ3) is 3.49. The van der Waals surface area contributed by atoms with E-state index in [-0.39, 0.29) is 12.0 Å². The maximum absolute atomic E-state index is 6.10. The summed E-state index contributed by atoms with van der Waals surface area (Å²) < 4.78 is 10.6. The van der Waals surface area contributed by atoms with Crippen molar-refractivity contribution in [2.45, 2.75) is 26.0 Å². The number of halogens is 2. The van der Waals surface area contributed by atoms with Gasteiger partial charge in [0, 0.05) is 0 Å². The number of benzene rings is 1. The Morgan fingerprint density at radius 2 is 2.10 bits per heavy atom. The Balaban J connectivity index is 2.18. The minimum absolute atomic E-state index is 0.0924. The molecule has 1 aromatic carbocycles. The Hall–Kier alpha value is -1.14. The highest BCUT2D eigenvalue weighted by molar-refractivity contribution is 6.43. The zero-order valence-electron chi connectivity index (χ0n) is 11.1. The van der Waals surface area contributed by atoms with Gasteiger partial charge in [-0.1, -0.05) is 34.4 Å². The molecule has 0 saturated carbocycles. The van der Waals surface area contributed by atoms with Crippen LogP contribution >= 0.6 is 23.2 Å². The molecule has 1 aromatic heterocycles. The number of hydrogen-bond acceptors (Lipinski definition) is 5. The van der Waals surface area contributed by atoms with E-state index in [1.54, 1.807) is 18.2 Å². The third-order valence-electron chi connectivity index (χ3n) is 2.56. The molecule has 0 bridgehead atoms. The molecule has 2 rings (SSSR count). The normalized spacial score (nSPS) is 12.9. The first kappa shape index (κ1) is 15.3. The first-order valence-corrected chi connectivity index (χ1v) is 6.89. The summed E-state index contributed by atoms with van der Waals surface area (Å²) >= 11 is 12.1. The number of rotatable bonds is 5. The molecule has 2 aromatic rings. The van der Waals surface area contributed by atoms with Crippen molar-refractivity contribution >= 4 is 23.2 Å². The molecular weight excluding hydrogens is 301 g/mol. The van der Waals surface area contributed by atoms with Crippen molar-refractivity contribution in [3.63, 3.8) is 0 Å². The first-order chi connectivity index (χ1) is 9.49. The van der Waals surface area contributed by atoms with Crippen LogP contribution in [0.3, 0.4) is 0 Å². The minimum atomic E-state index is -0.451. The molecule has 108 valence electrons. The molecule has 0 aliphatic carbocycles. The lowest BCUT2D eigenvalue weighted by molar-refractivity contribution is 0.0665. The zero-order valence-corrected chi connectivity index (χ0v) is 12.6. The molecule has 0 aliphatic heterocycles. The number of hydrogen-bond donors (Lipinski definition) is 1. The highest BCUT2D eigenvalue weighted by atomic mass is 35.5. The van der Waals surface area contributed by atoms with Crippen LogP contribution in [0.2, 0.25) is 10.0 Å². The van der Waals surface area contributed by atoms with Gasteiger partial charge in [-0.2, -0.15) is 4.98 Å². The summed E-state index contributed by atoms with van der Waals surface area (Å²) in [7, 11) is 0. The van der Waals surface area contributed by atoms with Crippen molar-refractivity contribution in [3.8, 4) is 11.5 Å². The summed E-state index contributed by atoms with van der Waals surface area (Å²) in [5, 5.41) is 4.65. The summed E-state index contributed by atoms with van der Waals surface area (Å²) in [5.74, 6) is 0.657. The summed E-state index contributed by atoms with van der Waals surface area (Å²) in [6, 6.07) is 4.75. The largest absolute Gasteiger partial charge is 0.377 e. The van der Waals surface area contributed by atoms with Crippen LogP contribution < -0.4 is 5.73 Å². The molecule has 0 amide bonds. The molecule has 5 nitrogen and oxygen atoms in total. The summed E-state index contributed by atoms with van der Waals surface area (Å²) in [5.41, 5.74) is 6.51. The number of nitrogens with zero attached hydrogens (tertiary/aromatic N) is 2. The van der Waals surface area contributed by atoms with E-state index in [2.05, 4.69) is 10.1 Å². The van der Waals surface area contributed by atoms with E-state index < -0.39 is 6.04 Å². The van der Waals surface area contributed by atoms with Crippen LogP contribution in [0.25, 0.3) is 11.5 Å². The maximum atomic E-state index is 6.10. The Morgan fingerprint density at radius 3 is 2.80 bits per heavy atom. The highest BCUT2D eigenvalue weighted by Crippen LogP contribution is 2.32. The third-order valence-corrected chi connectivity index (χ3v) is 3.38. The van der Waals surface area contributed by atoms with Crippen LogP contribution in [0, 0.1) is 0 Å². The van der Waals surface area contributed by atoms with Crippen LogP contribution in [0.1, 0.15) is 25.7 Å². The van der Waals surface area contributed by atoms with Gasteiger partial charge in [0.25, 0.3) is 5.89 Å². The van der Waals surface area contributed by atoms with E-state index in [1.807, 2.05) is 13.8 Å². The minimum Gasteiger partial charge on any atom is -0.377 e. The van der Waals surface area contributed by atoms with Crippen molar-refractivity contribution in [3.05, 3.63) is 34.1 Å². The van der Waals surface area contributed by atoms with Gasteiger partial charge in [0.05, 0.1) is 34.4 Å². The van der Waals surface area contributed by atoms with Gasteiger partial charge < -0.3 is 15.0 Å². The number of nitrogens with two attached hydrogens (primary N) is 1. The molecule has 7 heteroatoms. The van der Waals surface area contributed by atoms with E-state index in [4.69, 9.17) is 38.2 Å². The summed E-state index contributed by atoms with van der Waals surface area (Å²) in [4.78, 5) is 4.23.